The maximum atomic E-state index is 11.9. The van der Waals surface area contributed by atoms with Gasteiger partial charge >= 0.3 is 0 Å². The van der Waals surface area contributed by atoms with Gasteiger partial charge in [-0.2, -0.15) is 12.6 Å². The summed E-state index contributed by atoms with van der Waals surface area (Å²) in [6.07, 6.45) is 0. The van der Waals surface area contributed by atoms with E-state index >= 15 is 0 Å². The lowest BCUT2D eigenvalue weighted by Gasteiger charge is -2.20. The summed E-state index contributed by atoms with van der Waals surface area (Å²) >= 11 is 4.18. The van der Waals surface area contributed by atoms with Gasteiger partial charge in [-0.05, 0) is 23.6 Å². The maximum Gasteiger partial charge on any atom is 0.251 e. The highest BCUT2D eigenvalue weighted by atomic mass is 32.1. The number of carbonyl (C=O) groups excluding carboxylic acids is 1. The predicted molar refractivity (Wildman–Crippen MR) is 72.3 cm³/mol. The van der Waals surface area contributed by atoms with E-state index < -0.39 is 0 Å². The summed E-state index contributed by atoms with van der Waals surface area (Å²) in [5, 5.41) is 12.0. The highest BCUT2D eigenvalue weighted by Gasteiger charge is 2.16. The second kappa shape index (κ2) is 6.67. The third kappa shape index (κ3) is 4.06. The van der Waals surface area contributed by atoms with E-state index in [0.717, 1.165) is 5.56 Å². The Balaban J connectivity index is 2.75. The first-order valence-electron chi connectivity index (χ1n) is 5.70. The zero-order chi connectivity index (χ0) is 12.8. The molecule has 0 aliphatic carbocycles. The molecule has 0 radical (unpaired) electrons. The van der Waals surface area contributed by atoms with Crippen LogP contribution in [0, 0.1) is 5.92 Å². The number of aliphatic hydroxyl groups is 1. The van der Waals surface area contributed by atoms with Gasteiger partial charge in [0.2, 0.25) is 0 Å². The Labute approximate surface area is 108 Å². The molecule has 1 aromatic rings. The number of aliphatic hydroxyl groups excluding tert-OH is 1. The molecule has 2 N–H and O–H groups in total. The van der Waals surface area contributed by atoms with Gasteiger partial charge in [-0.15, -0.1) is 0 Å². The summed E-state index contributed by atoms with van der Waals surface area (Å²) in [7, 11) is 0. The second-order valence-electron chi connectivity index (χ2n) is 4.37. The Bertz CT molecular complexity index is 379. The van der Waals surface area contributed by atoms with Crippen LogP contribution in [-0.2, 0) is 5.75 Å². The Morgan fingerprint density at radius 3 is 2.71 bits per heavy atom. The molecule has 3 nitrogen and oxygen atoms in total. The van der Waals surface area contributed by atoms with Gasteiger partial charge in [0.05, 0.1) is 12.6 Å². The van der Waals surface area contributed by atoms with Crippen molar-refractivity contribution >= 4 is 18.5 Å². The van der Waals surface area contributed by atoms with Gasteiger partial charge in [-0.3, -0.25) is 4.79 Å². The van der Waals surface area contributed by atoms with E-state index in [2.05, 4.69) is 17.9 Å². The van der Waals surface area contributed by atoms with Crippen LogP contribution in [0.4, 0.5) is 0 Å². The van der Waals surface area contributed by atoms with Crippen LogP contribution in [0.15, 0.2) is 24.3 Å². The predicted octanol–water partition coefficient (Wildman–Crippen LogP) is 1.86. The van der Waals surface area contributed by atoms with E-state index in [1.165, 1.54) is 0 Å². The molecule has 94 valence electrons. The quantitative estimate of drug-likeness (QED) is 0.702. The number of rotatable bonds is 5. The first-order chi connectivity index (χ1) is 8.08. The molecule has 1 amide bonds. The molecule has 0 aromatic heterocycles. The van der Waals surface area contributed by atoms with E-state index in [1.807, 2.05) is 32.0 Å². The molecular weight excluding hydrogens is 234 g/mol. The Hall–Kier alpha value is -1.00. The molecule has 1 unspecified atom stereocenters. The van der Waals surface area contributed by atoms with Crippen molar-refractivity contribution in [3.8, 4) is 0 Å². The van der Waals surface area contributed by atoms with Gasteiger partial charge in [-0.1, -0.05) is 26.0 Å². The average Bonchev–Trinajstić information content (AvgIpc) is 2.35. The SMILES string of the molecule is CC(C)C(CO)NC(=O)c1cccc(CS)c1. The fourth-order valence-electron chi connectivity index (χ4n) is 1.49. The molecule has 0 fully saturated rings. The third-order valence-corrected chi connectivity index (χ3v) is 3.05. The van der Waals surface area contributed by atoms with Crippen molar-refractivity contribution < 1.29 is 9.90 Å². The number of amides is 1. The molecule has 0 spiro atoms. The van der Waals surface area contributed by atoms with Crippen molar-refractivity contribution in [3.05, 3.63) is 35.4 Å². The average molecular weight is 253 g/mol. The summed E-state index contributed by atoms with van der Waals surface area (Å²) in [5.41, 5.74) is 1.61. The number of carbonyl (C=O) groups is 1. The van der Waals surface area contributed by atoms with Gasteiger partial charge in [0.15, 0.2) is 0 Å². The van der Waals surface area contributed by atoms with E-state index in [-0.39, 0.29) is 24.5 Å². The van der Waals surface area contributed by atoms with E-state index in [0.29, 0.717) is 11.3 Å². The zero-order valence-corrected chi connectivity index (χ0v) is 11.1. The van der Waals surface area contributed by atoms with Crippen molar-refractivity contribution in [2.75, 3.05) is 6.61 Å². The number of hydrogen-bond acceptors (Lipinski definition) is 3. The van der Waals surface area contributed by atoms with Crippen molar-refractivity contribution in [2.24, 2.45) is 5.92 Å². The van der Waals surface area contributed by atoms with Crippen LogP contribution in [0.1, 0.15) is 29.8 Å². The second-order valence-corrected chi connectivity index (χ2v) is 4.68. The minimum Gasteiger partial charge on any atom is -0.394 e. The number of hydrogen-bond donors (Lipinski definition) is 3. The molecule has 1 aromatic carbocycles. The Morgan fingerprint density at radius 1 is 1.47 bits per heavy atom. The van der Waals surface area contributed by atoms with Crippen LogP contribution in [0.2, 0.25) is 0 Å². The Kier molecular flexibility index (Phi) is 5.51. The lowest BCUT2D eigenvalue weighted by atomic mass is 10.0. The summed E-state index contributed by atoms with van der Waals surface area (Å²) in [6.45, 7) is 3.88. The highest BCUT2D eigenvalue weighted by molar-refractivity contribution is 7.79. The topological polar surface area (TPSA) is 49.3 Å². The lowest BCUT2D eigenvalue weighted by Crippen LogP contribution is -2.41. The van der Waals surface area contributed by atoms with Crippen LogP contribution >= 0.6 is 12.6 Å². The van der Waals surface area contributed by atoms with Crippen molar-refractivity contribution in [1.29, 1.82) is 0 Å². The smallest absolute Gasteiger partial charge is 0.251 e. The Morgan fingerprint density at radius 2 is 2.18 bits per heavy atom. The normalized spacial score (nSPS) is 12.5. The van der Waals surface area contributed by atoms with E-state index in [9.17, 15) is 4.79 Å². The minimum absolute atomic E-state index is 0.0460. The van der Waals surface area contributed by atoms with Crippen molar-refractivity contribution in [3.63, 3.8) is 0 Å². The molecule has 0 aliphatic rings. The largest absolute Gasteiger partial charge is 0.394 e. The molecule has 0 aliphatic heterocycles. The zero-order valence-electron chi connectivity index (χ0n) is 10.2. The minimum atomic E-state index is -0.206. The number of thiol groups is 1. The molecule has 1 rings (SSSR count). The fourth-order valence-corrected chi connectivity index (χ4v) is 1.68. The molecular formula is C13H19NO2S. The lowest BCUT2D eigenvalue weighted by molar-refractivity contribution is 0.0897. The monoisotopic (exact) mass is 253 g/mol. The molecule has 0 bridgehead atoms. The van der Waals surface area contributed by atoms with Crippen LogP contribution in [0.25, 0.3) is 0 Å². The molecule has 4 heteroatoms. The van der Waals surface area contributed by atoms with Gasteiger partial charge in [-0.25, -0.2) is 0 Å². The van der Waals surface area contributed by atoms with Crippen molar-refractivity contribution in [2.45, 2.75) is 25.6 Å². The van der Waals surface area contributed by atoms with E-state index in [1.54, 1.807) is 6.07 Å². The van der Waals surface area contributed by atoms with Crippen LogP contribution in [-0.4, -0.2) is 23.7 Å². The molecule has 0 heterocycles. The summed E-state index contributed by atoms with van der Waals surface area (Å²) < 4.78 is 0. The summed E-state index contributed by atoms with van der Waals surface area (Å²) in [4.78, 5) is 11.9. The van der Waals surface area contributed by atoms with E-state index in [4.69, 9.17) is 5.11 Å². The number of benzene rings is 1. The first-order valence-corrected chi connectivity index (χ1v) is 6.33. The maximum absolute atomic E-state index is 11.9. The van der Waals surface area contributed by atoms with Crippen LogP contribution < -0.4 is 5.32 Å². The third-order valence-electron chi connectivity index (χ3n) is 2.69. The highest BCUT2D eigenvalue weighted by Crippen LogP contribution is 2.09. The first kappa shape index (κ1) is 14.1. The molecule has 17 heavy (non-hydrogen) atoms. The van der Waals surface area contributed by atoms with Gasteiger partial charge in [0.1, 0.15) is 0 Å². The molecule has 1 atom stereocenters. The van der Waals surface area contributed by atoms with Gasteiger partial charge in [0, 0.05) is 11.3 Å². The van der Waals surface area contributed by atoms with Gasteiger partial charge in [0.25, 0.3) is 5.91 Å². The number of nitrogens with one attached hydrogen (secondary N) is 1. The molecule has 0 saturated carbocycles. The summed E-state index contributed by atoms with van der Waals surface area (Å²) in [6, 6.07) is 7.13. The summed E-state index contributed by atoms with van der Waals surface area (Å²) in [5.74, 6) is 0.660. The van der Waals surface area contributed by atoms with Crippen LogP contribution in [0.5, 0.6) is 0 Å². The standard InChI is InChI=1S/C13H19NO2S/c1-9(2)12(7-15)14-13(16)11-5-3-4-10(6-11)8-17/h3-6,9,12,15,17H,7-8H2,1-2H3,(H,14,16). The van der Waals surface area contributed by atoms with Gasteiger partial charge < -0.3 is 10.4 Å². The molecule has 0 saturated heterocycles. The fraction of sp³-hybridized carbons (Fsp3) is 0.462. The van der Waals surface area contributed by atoms with Crippen molar-refractivity contribution in [1.82, 2.24) is 5.32 Å². The van der Waals surface area contributed by atoms with Crippen LogP contribution in [0.3, 0.4) is 0 Å².